The molecule has 1 saturated heterocycles. The van der Waals surface area contributed by atoms with Crippen molar-refractivity contribution in [1.82, 2.24) is 15.5 Å². The normalized spacial score (nSPS) is 21.9. The van der Waals surface area contributed by atoms with E-state index in [1.54, 1.807) is 12.4 Å². The summed E-state index contributed by atoms with van der Waals surface area (Å²) in [5, 5.41) is 9.38. The standard InChI is InChI=1S/C9H13N3OS/c13-9(7-4-10-11-5-7)12-8-2-1-3-14-6-8/h4-5,8H,1-3,6H2,(H,10,11)(H,12,13). The Balaban J connectivity index is 1.87. The molecule has 0 aliphatic carbocycles. The summed E-state index contributed by atoms with van der Waals surface area (Å²) in [4.78, 5) is 11.6. The smallest absolute Gasteiger partial charge is 0.254 e. The van der Waals surface area contributed by atoms with Gasteiger partial charge in [0, 0.05) is 18.0 Å². The molecular weight excluding hydrogens is 198 g/mol. The molecule has 1 aliphatic heterocycles. The van der Waals surface area contributed by atoms with Gasteiger partial charge in [0.05, 0.1) is 11.8 Å². The number of aromatic nitrogens is 2. The van der Waals surface area contributed by atoms with Crippen LogP contribution in [0.3, 0.4) is 0 Å². The van der Waals surface area contributed by atoms with Crippen molar-refractivity contribution in [1.29, 1.82) is 0 Å². The third kappa shape index (κ3) is 2.29. The highest BCUT2D eigenvalue weighted by molar-refractivity contribution is 7.99. The lowest BCUT2D eigenvalue weighted by Gasteiger charge is -2.21. The highest BCUT2D eigenvalue weighted by Crippen LogP contribution is 2.17. The number of carbonyl (C=O) groups is 1. The minimum absolute atomic E-state index is 0.0220. The Kier molecular flexibility index (Phi) is 3.08. The summed E-state index contributed by atoms with van der Waals surface area (Å²) in [6.07, 6.45) is 5.45. The van der Waals surface area contributed by atoms with Gasteiger partial charge in [0.15, 0.2) is 0 Å². The first-order valence-corrected chi connectivity index (χ1v) is 5.89. The summed E-state index contributed by atoms with van der Waals surface area (Å²) in [7, 11) is 0. The highest BCUT2D eigenvalue weighted by atomic mass is 32.2. The molecule has 0 spiro atoms. The molecule has 4 nitrogen and oxygen atoms in total. The predicted molar refractivity (Wildman–Crippen MR) is 56.4 cm³/mol. The molecule has 1 fully saturated rings. The SMILES string of the molecule is O=C(NC1CCCSC1)c1cn[nH]c1. The van der Waals surface area contributed by atoms with Crippen molar-refractivity contribution in [2.75, 3.05) is 11.5 Å². The molecule has 2 N–H and O–H groups in total. The number of rotatable bonds is 2. The van der Waals surface area contributed by atoms with Crippen LogP contribution in [0.2, 0.25) is 0 Å². The first kappa shape index (κ1) is 9.58. The van der Waals surface area contributed by atoms with Gasteiger partial charge < -0.3 is 5.32 Å². The molecular formula is C9H13N3OS. The number of nitrogens with one attached hydrogen (secondary N) is 2. The second-order valence-corrected chi connectivity index (χ2v) is 4.52. The van der Waals surface area contributed by atoms with Crippen LogP contribution in [0.25, 0.3) is 0 Å². The maximum atomic E-state index is 11.6. The first-order valence-electron chi connectivity index (χ1n) is 4.73. The highest BCUT2D eigenvalue weighted by Gasteiger charge is 2.16. The minimum atomic E-state index is -0.0220. The van der Waals surface area contributed by atoms with E-state index >= 15 is 0 Å². The zero-order valence-electron chi connectivity index (χ0n) is 7.82. The van der Waals surface area contributed by atoms with Crippen molar-refractivity contribution >= 4 is 17.7 Å². The number of amides is 1. The lowest BCUT2D eigenvalue weighted by molar-refractivity contribution is 0.0938. The zero-order chi connectivity index (χ0) is 9.80. The number of carbonyl (C=O) groups excluding carboxylic acids is 1. The van der Waals surface area contributed by atoms with E-state index in [1.165, 1.54) is 12.2 Å². The fourth-order valence-corrected chi connectivity index (χ4v) is 2.57. The summed E-state index contributed by atoms with van der Waals surface area (Å²) in [6.45, 7) is 0. The first-order chi connectivity index (χ1) is 6.86. The van der Waals surface area contributed by atoms with Gasteiger partial charge in [0.2, 0.25) is 0 Å². The molecule has 2 heterocycles. The van der Waals surface area contributed by atoms with Crippen LogP contribution in [0.1, 0.15) is 23.2 Å². The molecule has 0 saturated carbocycles. The quantitative estimate of drug-likeness (QED) is 0.768. The number of hydrogen-bond acceptors (Lipinski definition) is 3. The summed E-state index contributed by atoms with van der Waals surface area (Å²) in [6, 6.07) is 0.330. The molecule has 1 atom stereocenters. The average molecular weight is 211 g/mol. The average Bonchev–Trinajstić information content (AvgIpc) is 2.72. The van der Waals surface area contributed by atoms with Crippen LogP contribution in [-0.4, -0.2) is 33.7 Å². The third-order valence-corrected chi connectivity index (χ3v) is 3.47. The fourth-order valence-electron chi connectivity index (χ4n) is 1.50. The van der Waals surface area contributed by atoms with Gasteiger partial charge >= 0.3 is 0 Å². The Morgan fingerprint density at radius 1 is 1.71 bits per heavy atom. The van der Waals surface area contributed by atoms with Crippen LogP contribution < -0.4 is 5.32 Å². The zero-order valence-corrected chi connectivity index (χ0v) is 8.64. The Labute approximate surface area is 86.8 Å². The van der Waals surface area contributed by atoms with Gasteiger partial charge in [-0.1, -0.05) is 0 Å². The van der Waals surface area contributed by atoms with Gasteiger partial charge in [-0.25, -0.2) is 0 Å². The topological polar surface area (TPSA) is 57.8 Å². The maximum Gasteiger partial charge on any atom is 0.254 e. The second kappa shape index (κ2) is 4.50. The van der Waals surface area contributed by atoms with Crippen molar-refractivity contribution in [3.8, 4) is 0 Å². The third-order valence-electron chi connectivity index (χ3n) is 2.26. The fraction of sp³-hybridized carbons (Fsp3) is 0.556. The lowest BCUT2D eigenvalue weighted by Crippen LogP contribution is -2.38. The summed E-state index contributed by atoms with van der Waals surface area (Å²) in [5.74, 6) is 2.23. The van der Waals surface area contributed by atoms with E-state index in [1.807, 2.05) is 11.8 Å². The van der Waals surface area contributed by atoms with Gasteiger partial charge in [-0.05, 0) is 18.6 Å². The van der Waals surface area contributed by atoms with Crippen LogP contribution in [0.5, 0.6) is 0 Å². The van der Waals surface area contributed by atoms with Crippen molar-refractivity contribution in [2.24, 2.45) is 0 Å². The van der Waals surface area contributed by atoms with Gasteiger partial charge in [-0.3, -0.25) is 9.89 Å². The molecule has 2 rings (SSSR count). The molecule has 1 aromatic rings. The Morgan fingerprint density at radius 2 is 2.64 bits per heavy atom. The number of nitrogens with zero attached hydrogens (tertiary/aromatic N) is 1. The van der Waals surface area contributed by atoms with Gasteiger partial charge in [-0.15, -0.1) is 0 Å². The molecule has 0 aromatic carbocycles. The maximum absolute atomic E-state index is 11.6. The van der Waals surface area contributed by atoms with Crippen LogP contribution >= 0.6 is 11.8 Å². The largest absolute Gasteiger partial charge is 0.348 e. The van der Waals surface area contributed by atoms with Gasteiger partial charge in [0.1, 0.15) is 0 Å². The van der Waals surface area contributed by atoms with E-state index < -0.39 is 0 Å². The van der Waals surface area contributed by atoms with E-state index in [2.05, 4.69) is 15.5 Å². The predicted octanol–water partition coefficient (Wildman–Crippen LogP) is 1.04. The Morgan fingerprint density at radius 3 is 3.29 bits per heavy atom. The molecule has 76 valence electrons. The minimum Gasteiger partial charge on any atom is -0.348 e. The van der Waals surface area contributed by atoms with Crippen molar-refractivity contribution < 1.29 is 4.79 Å². The molecule has 5 heteroatoms. The summed E-state index contributed by atoms with van der Waals surface area (Å²) in [5.41, 5.74) is 0.612. The van der Waals surface area contributed by atoms with E-state index in [9.17, 15) is 4.79 Å². The van der Waals surface area contributed by atoms with Crippen LogP contribution in [-0.2, 0) is 0 Å². The van der Waals surface area contributed by atoms with E-state index in [-0.39, 0.29) is 5.91 Å². The summed E-state index contributed by atoms with van der Waals surface area (Å²) >= 11 is 1.90. The molecule has 0 bridgehead atoms. The molecule has 1 aliphatic rings. The van der Waals surface area contributed by atoms with Crippen LogP contribution in [0, 0.1) is 0 Å². The van der Waals surface area contributed by atoms with Crippen molar-refractivity contribution in [2.45, 2.75) is 18.9 Å². The van der Waals surface area contributed by atoms with E-state index in [0.717, 1.165) is 12.2 Å². The molecule has 14 heavy (non-hydrogen) atoms. The number of thioether (sulfide) groups is 1. The number of H-pyrrole nitrogens is 1. The number of hydrogen-bond donors (Lipinski definition) is 2. The van der Waals surface area contributed by atoms with E-state index in [0.29, 0.717) is 11.6 Å². The van der Waals surface area contributed by atoms with Crippen molar-refractivity contribution in [3.63, 3.8) is 0 Å². The molecule has 1 aromatic heterocycles. The van der Waals surface area contributed by atoms with Gasteiger partial charge in [-0.2, -0.15) is 16.9 Å². The number of aromatic amines is 1. The molecule has 1 unspecified atom stereocenters. The van der Waals surface area contributed by atoms with E-state index in [4.69, 9.17) is 0 Å². The van der Waals surface area contributed by atoms with Crippen LogP contribution in [0.4, 0.5) is 0 Å². The van der Waals surface area contributed by atoms with Gasteiger partial charge in [0.25, 0.3) is 5.91 Å². The van der Waals surface area contributed by atoms with Crippen LogP contribution in [0.15, 0.2) is 12.4 Å². The summed E-state index contributed by atoms with van der Waals surface area (Å²) < 4.78 is 0. The monoisotopic (exact) mass is 211 g/mol. The molecule has 1 amide bonds. The van der Waals surface area contributed by atoms with Crippen molar-refractivity contribution in [3.05, 3.63) is 18.0 Å². The lowest BCUT2D eigenvalue weighted by atomic mass is 10.2. The Hall–Kier alpha value is -0.970. The second-order valence-electron chi connectivity index (χ2n) is 3.37. The Bertz CT molecular complexity index is 293. The molecule has 0 radical (unpaired) electrons.